The molecule has 0 aliphatic carbocycles. The third-order valence-electron chi connectivity index (χ3n) is 1.99. The van der Waals surface area contributed by atoms with Gasteiger partial charge in [0.1, 0.15) is 5.75 Å². The summed E-state index contributed by atoms with van der Waals surface area (Å²) < 4.78 is 6.42. The predicted octanol–water partition coefficient (Wildman–Crippen LogP) is 4.60. The molecular weight excluding hydrogens is 289 g/mol. The monoisotopic (exact) mass is 297 g/mol. The van der Waals surface area contributed by atoms with Crippen LogP contribution >= 0.6 is 27.5 Å². The van der Waals surface area contributed by atoms with Crippen molar-refractivity contribution in [1.82, 2.24) is 4.98 Å². The Morgan fingerprint density at radius 3 is 2.75 bits per heavy atom. The molecule has 0 aliphatic heterocycles. The van der Waals surface area contributed by atoms with E-state index in [0.717, 1.165) is 10.0 Å². The summed E-state index contributed by atoms with van der Waals surface area (Å²) in [7, 11) is 0. The second kappa shape index (κ2) is 4.85. The average molecular weight is 299 g/mol. The van der Waals surface area contributed by atoms with Crippen LogP contribution in [0.5, 0.6) is 11.6 Å². The molecule has 1 heterocycles. The molecule has 1 aromatic carbocycles. The van der Waals surface area contributed by atoms with Crippen molar-refractivity contribution in [3.8, 4) is 11.6 Å². The summed E-state index contributed by atoms with van der Waals surface area (Å²) in [5.41, 5.74) is 1.07. The van der Waals surface area contributed by atoms with Crippen molar-refractivity contribution in [1.29, 1.82) is 0 Å². The zero-order chi connectivity index (χ0) is 11.5. The van der Waals surface area contributed by atoms with Crippen LogP contribution in [-0.2, 0) is 0 Å². The van der Waals surface area contributed by atoms with E-state index < -0.39 is 0 Å². The van der Waals surface area contributed by atoms with E-state index in [4.69, 9.17) is 16.3 Å². The highest BCUT2D eigenvalue weighted by molar-refractivity contribution is 9.10. The molecule has 4 heteroatoms. The molecule has 0 spiro atoms. The lowest BCUT2D eigenvalue weighted by molar-refractivity contribution is 0.459. The summed E-state index contributed by atoms with van der Waals surface area (Å²) in [6, 6.07) is 9.24. The van der Waals surface area contributed by atoms with E-state index in [9.17, 15) is 0 Å². The van der Waals surface area contributed by atoms with Crippen molar-refractivity contribution in [2.24, 2.45) is 0 Å². The molecule has 16 heavy (non-hydrogen) atoms. The van der Waals surface area contributed by atoms with Gasteiger partial charge in [0.15, 0.2) is 0 Å². The SMILES string of the molecule is Cc1cnc(Oc2ccccc2Cl)c(Br)c1. The molecule has 0 unspecified atom stereocenters. The maximum Gasteiger partial charge on any atom is 0.233 e. The van der Waals surface area contributed by atoms with Gasteiger partial charge in [-0.25, -0.2) is 4.98 Å². The van der Waals surface area contributed by atoms with Gasteiger partial charge in [-0.15, -0.1) is 0 Å². The first-order valence-corrected chi connectivity index (χ1v) is 5.88. The lowest BCUT2D eigenvalue weighted by atomic mass is 10.3. The molecule has 0 N–H and O–H groups in total. The van der Waals surface area contributed by atoms with Crippen molar-refractivity contribution in [2.45, 2.75) is 6.92 Å². The number of aryl methyl sites for hydroxylation is 1. The molecular formula is C12H9BrClNO. The molecule has 2 rings (SSSR count). The predicted molar refractivity (Wildman–Crippen MR) is 68.2 cm³/mol. The Morgan fingerprint density at radius 2 is 2.06 bits per heavy atom. The minimum atomic E-state index is 0.513. The van der Waals surface area contributed by atoms with E-state index >= 15 is 0 Å². The summed E-state index contributed by atoms with van der Waals surface area (Å²) in [4.78, 5) is 4.19. The maximum atomic E-state index is 5.99. The molecule has 0 radical (unpaired) electrons. The first-order valence-electron chi connectivity index (χ1n) is 4.71. The lowest BCUT2D eigenvalue weighted by Crippen LogP contribution is -1.90. The molecule has 0 fully saturated rings. The van der Waals surface area contributed by atoms with Crippen LogP contribution < -0.4 is 4.74 Å². The number of pyridine rings is 1. The molecule has 0 atom stereocenters. The molecule has 1 aromatic heterocycles. The molecule has 2 aromatic rings. The zero-order valence-corrected chi connectivity index (χ0v) is 10.9. The highest BCUT2D eigenvalue weighted by Gasteiger charge is 2.06. The molecule has 82 valence electrons. The van der Waals surface area contributed by atoms with E-state index in [1.54, 1.807) is 18.3 Å². The minimum Gasteiger partial charge on any atom is -0.436 e. The second-order valence-corrected chi connectivity index (χ2v) is 4.59. The molecule has 0 saturated heterocycles. The number of halogens is 2. The zero-order valence-electron chi connectivity index (χ0n) is 8.58. The Morgan fingerprint density at radius 1 is 1.31 bits per heavy atom. The Balaban J connectivity index is 2.31. The van der Waals surface area contributed by atoms with Crippen molar-refractivity contribution in [3.05, 3.63) is 51.6 Å². The van der Waals surface area contributed by atoms with Crippen molar-refractivity contribution in [3.63, 3.8) is 0 Å². The molecule has 0 saturated carbocycles. The first kappa shape index (κ1) is 11.4. The van der Waals surface area contributed by atoms with Gasteiger partial charge in [-0.3, -0.25) is 0 Å². The van der Waals surface area contributed by atoms with Crippen molar-refractivity contribution >= 4 is 27.5 Å². The quantitative estimate of drug-likeness (QED) is 0.808. The number of para-hydroxylation sites is 1. The summed E-state index contributed by atoms with van der Waals surface area (Å²) in [6.07, 6.45) is 1.75. The fourth-order valence-corrected chi connectivity index (χ4v) is 1.95. The smallest absolute Gasteiger partial charge is 0.233 e. The minimum absolute atomic E-state index is 0.513. The second-order valence-electron chi connectivity index (χ2n) is 3.33. The van der Waals surface area contributed by atoms with Crippen LogP contribution in [0.15, 0.2) is 41.0 Å². The van der Waals surface area contributed by atoms with E-state index in [2.05, 4.69) is 20.9 Å². The van der Waals surface area contributed by atoms with Crippen molar-refractivity contribution < 1.29 is 4.74 Å². The molecule has 0 bridgehead atoms. The van der Waals surface area contributed by atoms with Crippen LogP contribution in [0.3, 0.4) is 0 Å². The summed E-state index contributed by atoms with van der Waals surface area (Å²) in [5.74, 6) is 1.11. The van der Waals surface area contributed by atoms with Crippen molar-refractivity contribution in [2.75, 3.05) is 0 Å². The highest BCUT2D eigenvalue weighted by atomic mass is 79.9. The Kier molecular flexibility index (Phi) is 3.46. The van der Waals surface area contributed by atoms with Gasteiger partial charge in [-0.1, -0.05) is 23.7 Å². The Labute approximate surface area is 107 Å². The van der Waals surface area contributed by atoms with Crippen LogP contribution in [0.2, 0.25) is 5.02 Å². The number of hydrogen-bond donors (Lipinski definition) is 0. The van der Waals surface area contributed by atoms with Crippen LogP contribution in [0, 0.1) is 6.92 Å². The maximum absolute atomic E-state index is 5.99. The molecule has 0 amide bonds. The topological polar surface area (TPSA) is 22.1 Å². The van der Waals surface area contributed by atoms with Gasteiger partial charge in [-0.2, -0.15) is 0 Å². The fourth-order valence-electron chi connectivity index (χ4n) is 1.23. The number of nitrogens with zero attached hydrogens (tertiary/aromatic N) is 1. The standard InChI is InChI=1S/C12H9BrClNO/c1-8-6-9(13)12(15-7-8)16-11-5-3-2-4-10(11)14/h2-7H,1H3. The van der Waals surface area contributed by atoms with E-state index in [-0.39, 0.29) is 0 Å². The lowest BCUT2D eigenvalue weighted by Gasteiger charge is -2.08. The van der Waals surface area contributed by atoms with Gasteiger partial charge >= 0.3 is 0 Å². The number of aromatic nitrogens is 1. The number of benzene rings is 1. The largest absolute Gasteiger partial charge is 0.436 e. The number of hydrogen-bond acceptors (Lipinski definition) is 2. The van der Waals surface area contributed by atoms with Gasteiger partial charge in [0.25, 0.3) is 0 Å². The normalized spacial score (nSPS) is 10.2. The summed E-state index contributed by atoms with van der Waals surface area (Å²) in [5, 5.41) is 0.566. The Hall–Kier alpha value is -1.06. The highest BCUT2D eigenvalue weighted by Crippen LogP contribution is 2.31. The van der Waals surface area contributed by atoms with E-state index in [1.165, 1.54) is 0 Å². The van der Waals surface area contributed by atoms with Gasteiger partial charge in [0.2, 0.25) is 5.88 Å². The van der Waals surface area contributed by atoms with Crippen LogP contribution in [-0.4, -0.2) is 4.98 Å². The number of ether oxygens (including phenoxy) is 1. The van der Waals surface area contributed by atoms with Gasteiger partial charge in [0.05, 0.1) is 9.50 Å². The Bertz CT molecular complexity index is 516. The van der Waals surface area contributed by atoms with E-state index in [0.29, 0.717) is 16.7 Å². The first-order chi connectivity index (χ1) is 7.66. The third kappa shape index (κ3) is 2.54. The van der Waals surface area contributed by atoms with Gasteiger partial charge < -0.3 is 4.74 Å². The summed E-state index contributed by atoms with van der Waals surface area (Å²) >= 11 is 9.39. The molecule has 2 nitrogen and oxygen atoms in total. The molecule has 0 aliphatic rings. The van der Waals surface area contributed by atoms with Crippen LogP contribution in [0.25, 0.3) is 0 Å². The fraction of sp³-hybridized carbons (Fsp3) is 0.0833. The number of rotatable bonds is 2. The van der Waals surface area contributed by atoms with E-state index in [1.807, 2.05) is 25.1 Å². The third-order valence-corrected chi connectivity index (χ3v) is 2.87. The van der Waals surface area contributed by atoms with Crippen LogP contribution in [0.1, 0.15) is 5.56 Å². The van der Waals surface area contributed by atoms with Crippen LogP contribution in [0.4, 0.5) is 0 Å². The summed E-state index contributed by atoms with van der Waals surface area (Å²) in [6.45, 7) is 1.97. The average Bonchev–Trinajstić information content (AvgIpc) is 2.25. The van der Waals surface area contributed by atoms with Gasteiger partial charge in [0, 0.05) is 6.20 Å². The van der Waals surface area contributed by atoms with Gasteiger partial charge in [-0.05, 0) is 46.6 Å².